The van der Waals surface area contributed by atoms with E-state index in [9.17, 15) is 10.2 Å². The predicted octanol–water partition coefficient (Wildman–Crippen LogP) is 9.06. The molecule has 0 aromatic heterocycles. The molecular weight excluding hydrogens is 486 g/mol. The van der Waals surface area contributed by atoms with Crippen LogP contribution in [0, 0.1) is 34.5 Å². The van der Waals surface area contributed by atoms with Crippen molar-refractivity contribution >= 4 is 11.8 Å². The Morgan fingerprint density at radius 1 is 1.05 bits per heavy atom. The van der Waals surface area contributed by atoms with Gasteiger partial charge in [-0.25, -0.2) is 0 Å². The first-order valence-electron chi connectivity index (χ1n) is 14.9. The van der Waals surface area contributed by atoms with Crippen molar-refractivity contribution in [1.29, 1.82) is 0 Å². The van der Waals surface area contributed by atoms with Crippen molar-refractivity contribution in [3.8, 4) is 11.5 Å². The van der Waals surface area contributed by atoms with Crippen molar-refractivity contribution in [2.75, 3.05) is 0 Å². The van der Waals surface area contributed by atoms with Crippen LogP contribution in [0.5, 0.6) is 11.5 Å². The van der Waals surface area contributed by atoms with Gasteiger partial charge in [0.05, 0.1) is 0 Å². The molecule has 0 saturated heterocycles. The van der Waals surface area contributed by atoms with Crippen molar-refractivity contribution in [2.45, 2.75) is 123 Å². The summed E-state index contributed by atoms with van der Waals surface area (Å²) < 4.78 is 0. The van der Waals surface area contributed by atoms with Crippen LogP contribution < -0.4 is 5.73 Å². The molecule has 5 rings (SSSR count). The first-order chi connectivity index (χ1) is 17.5. The molecule has 38 heavy (non-hydrogen) atoms. The Morgan fingerprint density at radius 2 is 1.71 bits per heavy atom. The van der Waals surface area contributed by atoms with Crippen molar-refractivity contribution < 1.29 is 10.2 Å². The van der Waals surface area contributed by atoms with Crippen LogP contribution in [0.4, 0.5) is 0 Å². The van der Waals surface area contributed by atoms with Crippen molar-refractivity contribution in [2.24, 2.45) is 33.3 Å². The largest absolute Gasteiger partial charge is 0.504 e. The lowest BCUT2D eigenvalue weighted by Crippen LogP contribution is -2.62. The average molecular weight is 538 g/mol. The van der Waals surface area contributed by atoms with Gasteiger partial charge in [0.1, 0.15) is 0 Å². The summed E-state index contributed by atoms with van der Waals surface area (Å²) in [5.41, 5.74) is 12.7. The number of hydrogen-bond donors (Lipinski definition) is 3. The molecule has 4 N–H and O–H groups in total. The fraction of sp³-hybridized carbons (Fsp3) is 0.706. The summed E-state index contributed by atoms with van der Waals surface area (Å²) in [7, 11) is 0. The van der Waals surface area contributed by atoms with Crippen LogP contribution in [0.15, 0.2) is 30.0 Å². The van der Waals surface area contributed by atoms with Crippen LogP contribution in [-0.4, -0.2) is 15.5 Å². The van der Waals surface area contributed by atoms with E-state index in [-0.39, 0.29) is 38.4 Å². The summed E-state index contributed by atoms with van der Waals surface area (Å²) in [5, 5.41) is 22.2. The Labute approximate surface area is 235 Å². The maximum Gasteiger partial charge on any atom is 0.160 e. The maximum absolute atomic E-state index is 10.8. The highest BCUT2D eigenvalue weighted by Gasteiger charge is 2.66. The summed E-state index contributed by atoms with van der Waals surface area (Å²) >= 11 is 1.97. The number of nitrogens with two attached hydrogens (primary N) is 1. The van der Waals surface area contributed by atoms with Gasteiger partial charge in [0.25, 0.3) is 0 Å². The van der Waals surface area contributed by atoms with Gasteiger partial charge in [0.2, 0.25) is 0 Å². The smallest absolute Gasteiger partial charge is 0.160 e. The average Bonchev–Trinajstić information content (AvgIpc) is 2.81. The zero-order valence-electron chi connectivity index (χ0n) is 25.1. The third-order valence-electron chi connectivity index (χ3n) is 12.2. The van der Waals surface area contributed by atoms with Crippen LogP contribution in [0.3, 0.4) is 0 Å². The molecule has 0 bridgehead atoms. The van der Waals surface area contributed by atoms with Crippen molar-refractivity contribution in [3.63, 3.8) is 0 Å². The number of thioether (sulfide) groups is 1. The molecule has 0 radical (unpaired) electrons. The topological polar surface area (TPSA) is 66.5 Å². The van der Waals surface area contributed by atoms with E-state index in [4.69, 9.17) is 5.73 Å². The highest BCUT2D eigenvalue weighted by Crippen LogP contribution is 2.75. The van der Waals surface area contributed by atoms with Gasteiger partial charge in [0.15, 0.2) is 11.5 Å². The Bertz CT molecular complexity index is 1200. The van der Waals surface area contributed by atoms with Crippen LogP contribution in [0.2, 0.25) is 0 Å². The second-order valence-electron chi connectivity index (χ2n) is 15.2. The molecule has 3 fully saturated rings. The number of rotatable bonds is 4. The van der Waals surface area contributed by atoms with E-state index in [1.165, 1.54) is 49.7 Å². The predicted molar refractivity (Wildman–Crippen MR) is 162 cm³/mol. The fourth-order valence-corrected chi connectivity index (χ4v) is 11.1. The summed E-state index contributed by atoms with van der Waals surface area (Å²) in [5.74, 6) is 0.712. The van der Waals surface area contributed by atoms with E-state index < -0.39 is 0 Å². The van der Waals surface area contributed by atoms with E-state index in [1.807, 2.05) is 24.8 Å². The molecule has 1 unspecified atom stereocenters. The standard InChI is InChI=1S/C34H51NO2S/c1-20(2)38-25-17-26-32(7,23-16-24(36)29(37)22(4)28(23)25)13-15-34(9)27-19-30(5,18-21(3)35)10-11-31(27,6)12-14-33(26,34)8/h16-17,20,25,27,36-37H,3,10-15,18-19,35H2,1-2,4-9H3/t25?,27-,30+,31-,32+,33-,34+/m1/s1. The quantitative estimate of drug-likeness (QED) is 0.265. The lowest BCUT2D eigenvalue weighted by atomic mass is 9.34. The first-order valence-corrected chi connectivity index (χ1v) is 15.8. The van der Waals surface area contributed by atoms with Gasteiger partial charge >= 0.3 is 0 Å². The Kier molecular flexibility index (Phi) is 6.43. The molecule has 210 valence electrons. The van der Waals surface area contributed by atoms with Gasteiger partial charge in [-0.2, -0.15) is 0 Å². The molecule has 0 spiro atoms. The SMILES string of the molecule is C=C(N)C[C@]1(C)CC[C@]2(C)CC[C@]3(C)C4=CC(SC(C)C)c5c(cc(O)c(O)c5C)[C@]4(C)CC[C@@]3(C)[C@@H]2C1. The van der Waals surface area contributed by atoms with E-state index >= 15 is 0 Å². The molecule has 1 aromatic rings. The summed E-state index contributed by atoms with van der Waals surface area (Å²) in [6.45, 7) is 23.3. The first kappa shape index (κ1) is 28.0. The molecule has 0 aliphatic heterocycles. The zero-order valence-corrected chi connectivity index (χ0v) is 25.9. The minimum absolute atomic E-state index is 0.0248. The number of fused-ring (bicyclic) bond motifs is 7. The molecule has 1 aromatic carbocycles. The highest BCUT2D eigenvalue weighted by molar-refractivity contribution is 8.00. The van der Waals surface area contributed by atoms with Crippen molar-refractivity contribution in [1.82, 2.24) is 0 Å². The molecule has 4 aliphatic rings. The lowest BCUT2D eigenvalue weighted by molar-refractivity contribution is -0.158. The van der Waals surface area contributed by atoms with E-state index in [0.717, 1.165) is 24.1 Å². The Morgan fingerprint density at radius 3 is 2.34 bits per heavy atom. The third-order valence-corrected chi connectivity index (χ3v) is 13.4. The minimum atomic E-state index is -0.134. The number of phenols is 2. The summed E-state index contributed by atoms with van der Waals surface area (Å²) in [6.07, 6.45) is 12.0. The molecule has 7 atom stereocenters. The van der Waals surface area contributed by atoms with Crippen molar-refractivity contribution in [3.05, 3.63) is 46.7 Å². The number of benzene rings is 1. The van der Waals surface area contributed by atoms with Gasteiger partial charge in [-0.1, -0.05) is 66.7 Å². The van der Waals surface area contributed by atoms with Crippen LogP contribution in [0.25, 0.3) is 0 Å². The molecule has 4 aliphatic carbocycles. The summed E-state index contributed by atoms with van der Waals surface area (Å²) in [4.78, 5) is 0. The van der Waals surface area contributed by atoms with Gasteiger partial charge < -0.3 is 15.9 Å². The van der Waals surface area contributed by atoms with E-state index in [2.05, 4.69) is 61.1 Å². The molecule has 0 heterocycles. The van der Waals surface area contributed by atoms with Crippen LogP contribution >= 0.6 is 11.8 Å². The highest BCUT2D eigenvalue weighted by atomic mass is 32.2. The molecule has 0 amide bonds. The minimum Gasteiger partial charge on any atom is -0.504 e. The number of allylic oxidation sites excluding steroid dienone is 2. The monoisotopic (exact) mass is 537 g/mol. The Balaban J connectivity index is 1.66. The normalized spacial score (nSPS) is 42.0. The maximum atomic E-state index is 10.8. The molecule has 4 heteroatoms. The van der Waals surface area contributed by atoms with Crippen LogP contribution in [-0.2, 0) is 5.41 Å². The van der Waals surface area contributed by atoms with Gasteiger partial charge in [-0.3, -0.25) is 0 Å². The number of aromatic hydroxyl groups is 2. The number of hydrogen-bond acceptors (Lipinski definition) is 4. The van der Waals surface area contributed by atoms with Gasteiger partial charge in [0, 0.05) is 16.4 Å². The third kappa shape index (κ3) is 3.82. The summed E-state index contributed by atoms with van der Waals surface area (Å²) in [6, 6.07) is 1.90. The fourth-order valence-electron chi connectivity index (χ4n) is 9.87. The second kappa shape index (κ2) is 8.72. The molecular formula is C34H51NO2S. The van der Waals surface area contributed by atoms with Gasteiger partial charge in [-0.15, -0.1) is 11.8 Å². The Hall–Kier alpha value is -1.55. The molecule has 3 saturated carbocycles. The van der Waals surface area contributed by atoms with E-state index in [1.54, 1.807) is 5.57 Å². The van der Waals surface area contributed by atoms with Gasteiger partial charge in [-0.05, 0) is 114 Å². The zero-order chi connectivity index (χ0) is 28.1. The molecule has 3 nitrogen and oxygen atoms in total. The number of phenolic OH excluding ortho intramolecular Hbond substituents is 2. The van der Waals surface area contributed by atoms with Crippen LogP contribution in [0.1, 0.15) is 122 Å². The van der Waals surface area contributed by atoms with E-state index in [0.29, 0.717) is 16.6 Å². The second-order valence-corrected chi connectivity index (χ2v) is 16.9. The lowest BCUT2D eigenvalue weighted by Gasteiger charge is -2.70.